The summed E-state index contributed by atoms with van der Waals surface area (Å²) in [4.78, 5) is 21.2. The molecule has 0 aliphatic carbocycles. The van der Waals surface area contributed by atoms with Crippen LogP contribution >= 0.6 is 0 Å². The first-order valence-corrected chi connectivity index (χ1v) is 5.10. The van der Waals surface area contributed by atoms with Crippen LogP contribution in [0.3, 0.4) is 0 Å². The molecule has 0 fully saturated rings. The first kappa shape index (κ1) is 13.5. The highest BCUT2D eigenvalue weighted by Gasteiger charge is 1.99. The van der Waals surface area contributed by atoms with Gasteiger partial charge in [-0.05, 0) is 19.3 Å². The molecule has 4 N–H and O–H groups in total. The Morgan fingerprint density at radius 2 is 1.80 bits per heavy atom. The molecule has 0 aromatic carbocycles. The Morgan fingerprint density at radius 3 is 2.33 bits per heavy atom. The normalized spacial score (nSPS) is 9.40. The summed E-state index contributed by atoms with van der Waals surface area (Å²) in [6.07, 6.45) is 1.98. The summed E-state index contributed by atoms with van der Waals surface area (Å²) in [5.41, 5.74) is 4.87. The summed E-state index contributed by atoms with van der Waals surface area (Å²) in [5, 5.41) is 5.06. The molecule has 88 valence electrons. The van der Waals surface area contributed by atoms with Gasteiger partial charge in [0, 0.05) is 13.1 Å². The van der Waals surface area contributed by atoms with Crippen LogP contribution in [0, 0.1) is 0 Å². The maximum atomic E-state index is 10.9. The van der Waals surface area contributed by atoms with Gasteiger partial charge >= 0.3 is 12.1 Å². The van der Waals surface area contributed by atoms with Gasteiger partial charge in [0.1, 0.15) is 0 Å². The summed E-state index contributed by atoms with van der Waals surface area (Å²) < 4.78 is 4.80. The summed E-state index contributed by atoms with van der Waals surface area (Å²) in [5.74, 6) is 0. The molecule has 0 saturated heterocycles. The van der Waals surface area contributed by atoms with Gasteiger partial charge in [-0.2, -0.15) is 0 Å². The van der Waals surface area contributed by atoms with E-state index >= 15 is 0 Å². The fourth-order valence-electron chi connectivity index (χ4n) is 0.898. The molecule has 0 rings (SSSR count). The van der Waals surface area contributed by atoms with Gasteiger partial charge in [-0.15, -0.1) is 0 Å². The van der Waals surface area contributed by atoms with E-state index < -0.39 is 6.03 Å². The van der Waals surface area contributed by atoms with Crippen molar-refractivity contribution in [3.63, 3.8) is 0 Å². The van der Waals surface area contributed by atoms with Gasteiger partial charge in [0.05, 0.1) is 6.61 Å². The van der Waals surface area contributed by atoms with Gasteiger partial charge in [0.15, 0.2) is 0 Å². The Hall–Kier alpha value is -1.46. The predicted molar refractivity (Wildman–Crippen MR) is 56.5 cm³/mol. The summed E-state index contributed by atoms with van der Waals surface area (Å²) in [6.45, 7) is 3.45. The van der Waals surface area contributed by atoms with E-state index in [-0.39, 0.29) is 6.09 Å². The predicted octanol–water partition coefficient (Wildman–Crippen LogP) is 0.571. The maximum absolute atomic E-state index is 10.9. The lowest BCUT2D eigenvalue weighted by Crippen LogP contribution is -2.31. The summed E-state index contributed by atoms with van der Waals surface area (Å²) in [6, 6.07) is -0.523. The van der Waals surface area contributed by atoms with Crippen LogP contribution in [0.2, 0.25) is 0 Å². The third-order valence-electron chi connectivity index (χ3n) is 1.61. The van der Waals surface area contributed by atoms with Crippen molar-refractivity contribution in [3.05, 3.63) is 0 Å². The molecule has 6 heteroatoms. The molecule has 0 aliphatic heterocycles. The average molecular weight is 217 g/mol. The molecule has 0 aromatic rings. The lowest BCUT2D eigenvalue weighted by molar-refractivity contribution is 0.146. The fraction of sp³-hybridized carbons (Fsp3) is 0.778. The first-order valence-electron chi connectivity index (χ1n) is 5.10. The number of unbranched alkanes of at least 4 members (excludes halogenated alkanes) is 1. The third kappa shape index (κ3) is 10.5. The van der Waals surface area contributed by atoms with Crippen molar-refractivity contribution < 1.29 is 14.3 Å². The SMILES string of the molecule is CCCOC(=O)NCCCCNC(N)=O. The van der Waals surface area contributed by atoms with Crippen LogP contribution in [0.4, 0.5) is 9.59 Å². The Balaban J connectivity index is 3.16. The number of hydrogen-bond acceptors (Lipinski definition) is 3. The minimum absolute atomic E-state index is 0.389. The van der Waals surface area contributed by atoms with E-state index in [2.05, 4.69) is 10.6 Å². The van der Waals surface area contributed by atoms with Crippen molar-refractivity contribution in [3.8, 4) is 0 Å². The highest BCUT2D eigenvalue weighted by molar-refractivity contribution is 5.71. The Morgan fingerprint density at radius 1 is 1.20 bits per heavy atom. The third-order valence-corrected chi connectivity index (χ3v) is 1.61. The molecule has 15 heavy (non-hydrogen) atoms. The number of nitrogens with two attached hydrogens (primary N) is 1. The average Bonchev–Trinajstić information content (AvgIpc) is 2.19. The van der Waals surface area contributed by atoms with Crippen LogP contribution in [0.25, 0.3) is 0 Å². The van der Waals surface area contributed by atoms with Gasteiger partial charge in [-0.3, -0.25) is 0 Å². The standard InChI is InChI=1S/C9H19N3O3/c1-2-7-15-9(14)12-6-4-3-5-11-8(10)13/h2-7H2,1H3,(H,12,14)(H3,10,11,13). The van der Waals surface area contributed by atoms with Crippen LogP contribution in [0.15, 0.2) is 0 Å². The molecule has 0 bridgehead atoms. The van der Waals surface area contributed by atoms with Crippen LogP contribution in [0.1, 0.15) is 26.2 Å². The van der Waals surface area contributed by atoms with E-state index in [4.69, 9.17) is 10.5 Å². The quantitative estimate of drug-likeness (QED) is 0.544. The molecule has 0 aromatic heterocycles. The summed E-state index contributed by atoms with van der Waals surface area (Å²) in [7, 11) is 0. The monoisotopic (exact) mass is 217 g/mol. The topological polar surface area (TPSA) is 93.4 Å². The highest BCUT2D eigenvalue weighted by atomic mass is 16.5. The number of ether oxygens (including phenoxy) is 1. The van der Waals surface area contributed by atoms with Gasteiger partial charge in [-0.1, -0.05) is 6.92 Å². The Bertz CT molecular complexity index is 197. The van der Waals surface area contributed by atoms with Gasteiger partial charge in [0.2, 0.25) is 0 Å². The second-order valence-electron chi connectivity index (χ2n) is 3.06. The van der Waals surface area contributed by atoms with Gasteiger partial charge in [-0.25, -0.2) is 9.59 Å². The van der Waals surface area contributed by atoms with E-state index in [0.717, 1.165) is 19.3 Å². The Kier molecular flexibility index (Phi) is 8.22. The lowest BCUT2D eigenvalue weighted by Gasteiger charge is -2.05. The second-order valence-corrected chi connectivity index (χ2v) is 3.06. The molecule has 0 unspecified atom stereocenters. The molecule has 0 spiro atoms. The number of rotatable bonds is 7. The van der Waals surface area contributed by atoms with Crippen molar-refractivity contribution in [1.82, 2.24) is 10.6 Å². The number of urea groups is 1. The number of amides is 3. The van der Waals surface area contributed by atoms with Crippen molar-refractivity contribution in [2.24, 2.45) is 5.73 Å². The second kappa shape index (κ2) is 9.11. The van der Waals surface area contributed by atoms with E-state index in [1.165, 1.54) is 0 Å². The highest BCUT2D eigenvalue weighted by Crippen LogP contribution is 1.86. The van der Waals surface area contributed by atoms with Gasteiger partial charge in [0.25, 0.3) is 0 Å². The molecule has 0 aliphatic rings. The molecule has 0 heterocycles. The number of carbonyl (C=O) groups is 2. The zero-order chi connectivity index (χ0) is 11.5. The molecule has 0 saturated carbocycles. The van der Waals surface area contributed by atoms with E-state index in [1.54, 1.807) is 0 Å². The van der Waals surface area contributed by atoms with Crippen LogP contribution in [-0.4, -0.2) is 31.8 Å². The maximum Gasteiger partial charge on any atom is 0.407 e. The molecule has 3 amide bonds. The van der Waals surface area contributed by atoms with Crippen molar-refractivity contribution in [2.75, 3.05) is 19.7 Å². The van der Waals surface area contributed by atoms with E-state index in [9.17, 15) is 9.59 Å². The minimum Gasteiger partial charge on any atom is -0.450 e. The number of hydrogen-bond donors (Lipinski definition) is 3. The number of nitrogens with one attached hydrogen (secondary N) is 2. The fourth-order valence-corrected chi connectivity index (χ4v) is 0.898. The molecule has 0 radical (unpaired) electrons. The number of carbonyl (C=O) groups excluding carboxylic acids is 2. The van der Waals surface area contributed by atoms with Crippen LogP contribution in [-0.2, 0) is 4.74 Å². The summed E-state index contributed by atoms with van der Waals surface area (Å²) >= 11 is 0. The number of primary amides is 1. The largest absolute Gasteiger partial charge is 0.450 e. The van der Waals surface area contributed by atoms with Gasteiger partial charge < -0.3 is 21.1 Å². The molecular formula is C9H19N3O3. The molecule has 0 atom stereocenters. The lowest BCUT2D eigenvalue weighted by atomic mass is 10.3. The zero-order valence-corrected chi connectivity index (χ0v) is 9.04. The van der Waals surface area contributed by atoms with Crippen LogP contribution < -0.4 is 16.4 Å². The zero-order valence-electron chi connectivity index (χ0n) is 9.04. The van der Waals surface area contributed by atoms with E-state index in [1.807, 2.05) is 6.92 Å². The van der Waals surface area contributed by atoms with Crippen LogP contribution in [0.5, 0.6) is 0 Å². The van der Waals surface area contributed by atoms with E-state index in [0.29, 0.717) is 19.7 Å². The van der Waals surface area contributed by atoms with Crippen molar-refractivity contribution >= 4 is 12.1 Å². The minimum atomic E-state index is -0.523. The molecular weight excluding hydrogens is 198 g/mol. The number of alkyl carbamates (subject to hydrolysis) is 1. The smallest absolute Gasteiger partial charge is 0.407 e. The van der Waals surface area contributed by atoms with Crippen molar-refractivity contribution in [2.45, 2.75) is 26.2 Å². The Labute approximate surface area is 89.5 Å². The molecule has 6 nitrogen and oxygen atoms in total. The first-order chi connectivity index (χ1) is 7.16. The van der Waals surface area contributed by atoms with Crippen molar-refractivity contribution in [1.29, 1.82) is 0 Å².